The van der Waals surface area contributed by atoms with Crippen LogP contribution >= 0.6 is 0 Å². The second-order valence-corrected chi connectivity index (χ2v) is 9.90. The molecule has 3 aromatic carbocycles. The Bertz CT molecular complexity index is 1210. The standard InChI is InChI=1S/C26H30N2O5S/c1-19(10-11-20-8-6-5-7-9-20)27-26(29)21-12-14-22(15-13-21)28(2)34(30,31)23-16-17-24(32-3)25(18-23)33-4/h5-9,12-19H,10-11H2,1-4H3,(H,27,29)/t19-/m0/s1. The summed E-state index contributed by atoms with van der Waals surface area (Å²) in [4.78, 5) is 12.7. The van der Waals surface area contributed by atoms with Crippen molar-refractivity contribution in [2.24, 2.45) is 0 Å². The average molecular weight is 483 g/mol. The summed E-state index contributed by atoms with van der Waals surface area (Å²) in [6.45, 7) is 1.97. The Hall–Kier alpha value is -3.52. The van der Waals surface area contributed by atoms with Crippen LogP contribution in [0, 0.1) is 0 Å². The van der Waals surface area contributed by atoms with Crippen LogP contribution in [0.1, 0.15) is 29.3 Å². The molecule has 0 unspecified atom stereocenters. The number of nitrogens with zero attached hydrogens (tertiary/aromatic N) is 1. The van der Waals surface area contributed by atoms with Gasteiger partial charge < -0.3 is 14.8 Å². The molecule has 180 valence electrons. The van der Waals surface area contributed by atoms with Gasteiger partial charge in [0.2, 0.25) is 0 Å². The molecule has 3 rings (SSSR count). The first kappa shape index (κ1) is 25.1. The van der Waals surface area contributed by atoms with E-state index >= 15 is 0 Å². The van der Waals surface area contributed by atoms with Crippen LogP contribution in [0.25, 0.3) is 0 Å². The van der Waals surface area contributed by atoms with Crippen LogP contribution in [0.2, 0.25) is 0 Å². The summed E-state index contributed by atoms with van der Waals surface area (Å²) in [6, 6.07) is 21.0. The molecule has 1 atom stereocenters. The molecule has 0 saturated heterocycles. The molecule has 0 aromatic heterocycles. The molecule has 34 heavy (non-hydrogen) atoms. The summed E-state index contributed by atoms with van der Waals surface area (Å²) >= 11 is 0. The van der Waals surface area contributed by atoms with E-state index in [0.717, 1.165) is 12.8 Å². The predicted octanol–water partition coefficient (Wildman–Crippen LogP) is 4.28. The van der Waals surface area contributed by atoms with E-state index in [1.54, 1.807) is 30.3 Å². The number of aryl methyl sites for hydroxylation is 1. The summed E-state index contributed by atoms with van der Waals surface area (Å²) in [7, 11) is 0.562. The maximum Gasteiger partial charge on any atom is 0.264 e. The van der Waals surface area contributed by atoms with Crippen LogP contribution in [0.3, 0.4) is 0 Å². The lowest BCUT2D eigenvalue weighted by Gasteiger charge is -2.21. The van der Waals surface area contributed by atoms with Crippen LogP contribution in [-0.4, -0.2) is 41.6 Å². The van der Waals surface area contributed by atoms with Crippen molar-refractivity contribution in [2.75, 3.05) is 25.6 Å². The van der Waals surface area contributed by atoms with Gasteiger partial charge in [-0.05, 0) is 61.7 Å². The highest BCUT2D eigenvalue weighted by atomic mass is 32.2. The predicted molar refractivity (Wildman–Crippen MR) is 133 cm³/mol. The molecule has 1 N–H and O–H groups in total. The van der Waals surface area contributed by atoms with Gasteiger partial charge in [-0.15, -0.1) is 0 Å². The van der Waals surface area contributed by atoms with Crippen LogP contribution in [0.5, 0.6) is 11.5 Å². The number of ether oxygens (including phenoxy) is 2. The Labute approximate surface area is 201 Å². The number of nitrogens with one attached hydrogen (secondary N) is 1. The number of benzene rings is 3. The van der Waals surface area contributed by atoms with E-state index < -0.39 is 10.0 Å². The smallest absolute Gasteiger partial charge is 0.264 e. The zero-order valence-corrected chi connectivity index (χ0v) is 20.6. The Morgan fingerprint density at radius 1 is 0.941 bits per heavy atom. The minimum absolute atomic E-state index is 0.000450. The molecule has 0 aliphatic rings. The molecule has 0 spiro atoms. The van der Waals surface area contributed by atoms with Gasteiger partial charge in [-0.1, -0.05) is 30.3 Å². The normalized spacial score (nSPS) is 12.0. The lowest BCUT2D eigenvalue weighted by atomic mass is 10.1. The molecule has 0 heterocycles. The molecular weight excluding hydrogens is 452 g/mol. The van der Waals surface area contributed by atoms with Crippen molar-refractivity contribution in [3.63, 3.8) is 0 Å². The average Bonchev–Trinajstić information content (AvgIpc) is 2.87. The maximum atomic E-state index is 13.1. The van der Waals surface area contributed by atoms with Crippen molar-refractivity contribution < 1.29 is 22.7 Å². The van der Waals surface area contributed by atoms with Crippen molar-refractivity contribution in [1.29, 1.82) is 0 Å². The van der Waals surface area contributed by atoms with Crippen LogP contribution in [0.15, 0.2) is 77.7 Å². The van der Waals surface area contributed by atoms with Crippen molar-refractivity contribution in [3.05, 3.63) is 83.9 Å². The van der Waals surface area contributed by atoms with Gasteiger partial charge in [0.25, 0.3) is 15.9 Å². The van der Waals surface area contributed by atoms with E-state index in [-0.39, 0.29) is 16.8 Å². The molecule has 3 aromatic rings. The van der Waals surface area contributed by atoms with Crippen molar-refractivity contribution in [1.82, 2.24) is 5.32 Å². The number of sulfonamides is 1. The highest BCUT2D eigenvalue weighted by Gasteiger charge is 2.23. The Morgan fingerprint density at radius 3 is 2.21 bits per heavy atom. The van der Waals surface area contributed by atoms with E-state index in [1.165, 1.54) is 43.3 Å². The number of amides is 1. The monoisotopic (exact) mass is 482 g/mol. The minimum atomic E-state index is -3.84. The van der Waals surface area contributed by atoms with E-state index in [4.69, 9.17) is 9.47 Å². The van der Waals surface area contributed by atoms with Gasteiger partial charge in [-0.25, -0.2) is 8.42 Å². The number of hydrogen-bond donors (Lipinski definition) is 1. The van der Waals surface area contributed by atoms with Crippen LogP contribution in [-0.2, 0) is 16.4 Å². The molecular formula is C26H30N2O5S. The molecule has 8 heteroatoms. The lowest BCUT2D eigenvalue weighted by Crippen LogP contribution is -2.33. The Balaban J connectivity index is 1.66. The van der Waals surface area contributed by atoms with Gasteiger partial charge >= 0.3 is 0 Å². The zero-order chi connectivity index (χ0) is 24.7. The van der Waals surface area contributed by atoms with Gasteiger partial charge in [-0.2, -0.15) is 0 Å². The molecule has 0 aliphatic carbocycles. The Morgan fingerprint density at radius 2 is 1.59 bits per heavy atom. The van der Waals surface area contributed by atoms with Gasteiger partial charge in [0.05, 0.1) is 24.8 Å². The first-order valence-electron chi connectivity index (χ1n) is 10.9. The number of rotatable bonds is 10. The Kier molecular flexibility index (Phi) is 8.17. The third kappa shape index (κ3) is 5.88. The quantitative estimate of drug-likeness (QED) is 0.466. The van der Waals surface area contributed by atoms with Gasteiger partial charge in [0.1, 0.15) is 0 Å². The van der Waals surface area contributed by atoms with Gasteiger partial charge in [-0.3, -0.25) is 9.10 Å². The van der Waals surface area contributed by atoms with Crippen molar-refractivity contribution in [3.8, 4) is 11.5 Å². The number of hydrogen-bond acceptors (Lipinski definition) is 5. The zero-order valence-electron chi connectivity index (χ0n) is 19.8. The molecule has 1 amide bonds. The van der Waals surface area contributed by atoms with Gasteiger partial charge in [0, 0.05) is 24.7 Å². The summed E-state index contributed by atoms with van der Waals surface area (Å²) in [5, 5.41) is 3.00. The SMILES string of the molecule is COc1ccc(S(=O)(=O)N(C)c2ccc(C(=O)N[C@@H](C)CCc3ccccc3)cc2)cc1OC. The number of carbonyl (C=O) groups is 1. The van der Waals surface area contributed by atoms with Crippen molar-refractivity contribution in [2.45, 2.75) is 30.7 Å². The van der Waals surface area contributed by atoms with Crippen molar-refractivity contribution >= 4 is 21.6 Å². The van der Waals surface area contributed by atoms with E-state index in [2.05, 4.69) is 17.4 Å². The first-order chi connectivity index (χ1) is 16.3. The van der Waals surface area contributed by atoms with Crippen LogP contribution < -0.4 is 19.1 Å². The summed E-state index contributed by atoms with van der Waals surface area (Å²) in [5.74, 6) is 0.570. The minimum Gasteiger partial charge on any atom is -0.493 e. The fraction of sp³-hybridized carbons (Fsp3) is 0.269. The van der Waals surface area contributed by atoms with Crippen LogP contribution in [0.4, 0.5) is 5.69 Å². The van der Waals surface area contributed by atoms with Gasteiger partial charge in [0.15, 0.2) is 11.5 Å². The largest absolute Gasteiger partial charge is 0.493 e. The van der Waals surface area contributed by atoms with E-state index in [9.17, 15) is 13.2 Å². The molecule has 7 nitrogen and oxygen atoms in total. The maximum absolute atomic E-state index is 13.1. The lowest BCUT2D eigenvalue weighted by molar-refractivity contribution is 0.0938. The third-order valence-electron chi connectivity index (χ3n) is 5.59. The molecule has 0 bridgehead atoms. The molecule has 0 fully saturated rings. The number of carbonyl (C=O) groups excluding carboxylic acids is 1. The third-order valence-corrected chi connectivity index (χ3v) is 7.37. The highest BCUT2D eigenvalue weighted by Crippen LogP contribution is 2.31. The van der Waals surface area contributed by atoms with E-state index in [0.29, 0.717) is 22.7 Å². The molecule has 0 aliphatic heterocycles. The fourth-order valence-corrected chi connectivity index (χ4v) is 4.72. The second kappa shape index (κ2) is 11.1. The summed E-state index contributed by atoms with van der Waals surface area (Å²) < 4.78 is 37.8. The number of anilines is 1. The number of methoxy groups -OCH3 is 2. The second-order valence-electron chi connectivity index (χ2n) is 7.93. The fourth-order valence-electron chi connectivity index (χ4n) is 3.50. The first-order valence-corrected chi connectivity index (χ1v) is 12.4. The topological polar surface area (TPSA) is 84.9 Å². The highest BCUT2D eigenvalue weighted by molar-refractivity contribution is 7.92. The molecule has 0 radical (unpaired) electrons. The van der Waals surface area contributed by atoms with E-state index in [1.807, 2.05) is 25.1 Å². The summed E-state index contributed by atoms with van der Waals surface area (Å²) in [6.07, 6.45) is 1.69. The summed E-state index contributed by atoms with van der Waals surface area (Å²) in [5.41, 5.74) is 2.13. The molecule has 0 saturated carbocycles.